The Morgan fingerprint density at radius 2 is 1.88 bits per heavy atom. The number of rotatable bonds is 5. The van der Waals surface area contributed by atoms with Crippen LogP contribution >= 0.6 is 34.2 Å². The molecule has 1 fully saturated rings. The summed E-state index contributed by atoms with van der Waals surface area (Å²) in [6.07, 6.45) is 1.90. The number of carbonyl (C=O) groups is 2. The van der Waals surface area contributed by atoms with Gasteiger partial charge in [-0.05, 0) is 17.8 Å². The molecule has 0 aliphatic heterocycles. The van der Waals surface area contributed by atoms with E-state index in [9.17, 15) is 9.59 Å². The number of alkyl halides is 2. The Morgan fingerprint density at radius 3 is 2.25 bits per heavy atom. The van der Waals surface area contributed by atoms with Gasteiger partial charge in [0.2, 0.25) is 0 Å². The maximum atomic E-state index is 11.6. The second kappa shape index (κ2) is 4.92. The van der Waals surface area contributed by atoms with E-state index in [-0.39, 0.29) is 32.2 Å². The van der Waals surface area contributed by atoms with Crippen molar-refractivity contribution in [3.8, 4) is 0 Å². The Labute approximate surface area is 116 Å². The lowest BCUT2D eigenvalue weighted by Gasteiger charge is -2.16. The lowest BCUT2D eigenvalue weighted by Crippen LogP contribution is -2.16. The summed E-state index contributed by atoms with van der Waals surface area (Å²) in [5, 5.41) is 0. The molecule has 4 heteroatoms. The Balaban J connectivity index is 2.27. The third-order valence-electron chi connectivity index (χ3n) is 2.55. The highest BCUT2D eigenvalue weighted by Crippen LogP contribution is 2.57. The number of ketones is 2. The summed E-state index contributed by atoms with van der Waals surface area (Å²) in [6.45, 7) is 6.01. The van der Waals surface area contributed by atoms with Gasteiger partial charge in [0.1, 0.15) is 11.6 Å². The van der Waals surface area contributed by atoms with Crippen LogP contribution in [0, 0.1) is 11.3 Å². The second-order valence-corrected chi connectivity index (χ2v) is 9.09. The molecule has 92 valence electrons. The van der Waals surface area contributed by atoms with Gasteiger partial charge in [0.05, 0.1) is 9.30 Å². The van der Waals surface area contributed by atoms with Gasteiger partial charge in [-0.25, -0.2) is 0 Å². The molecule has 0 N–H and O–H groups in total. The lowest BCUT2D eigenvalue weighted by atomic mass is 9.88. The van der Waals surface area contributed by atoms with Gasteiger partial charge in [0, 0.05) is 12.8 Å². The van der Waals surface area contributed by atoms with E-state index in [1.54, 1.807) is 0 Å². The van der Waals surface area contributed by atoms with Crippen molar-refractivity contribution in [2.45, 2.75) is 49.3 Å². The molecule has 2 unspecified atom stereocenters. The number of halogens is 2. The first-order valence-electron chi connectivity index (χ1n) is 5.51. The van der Waals surface area contributed by atoms with Crippen LogP contribution in [0.25, 0.3) is 0 Å². The van der Waals surface area contributed by atoms with Crippen molar-refractivity contribution in [3.05, 3.63) is 0 Å². The van der Waals surface area contributed by atoms with Crippen LogP contribution in [0.4, 0.5) is 0 Å². The standard InChI is InChI=1S/C12H18ClIO2/c1-11(2,3)7-10(16)5-9(15)4-8-6-12(8,13)14/h8H,4-7H2,1-3H3. The lowest BCUT2D eigenvalue weighted by molar-refractivity contribution is -0.128. The second-order valence-electron chi connectivity index (χ2n) is 5.86. The molecule has 0 amide bonds. The zero-order valence-electron chi connectivity index (χ0n) is 9.98. The van der Waals surface area contributed by atoms with E-state index in [4.69, 9.17) is 11.6 Å². The third kappa shape index (κ3) is 5.13. The van der Waals surface area contributed by atoms with Gasteiger partial charge in [-0.3, -0.25) is 9.59 Å². The molecule has 0 radical (unpaired) electrons. The number of hydrogen-bond donors (Lipinski definition) is 0. The molecule has 0 heterocycles. The predicted molar refractivity (Wildman–Crippen MR) is 74.0 cm³/mol. The van der Waals surface area contributed by atoms with Crippen molar-refractivity contribution in [3.63, 3.8) is 0 Å². The van der Waals surface area contributed by atoms with Crippen LogP contribution in [0.1, 0.15) is 46.5 Å². The van der Waals surface area contributed by atoms with E-state index < -0.39 is 0 Å². The minimum absolute atomic E-state index is 0.0313. The van der Waals surface area contributed by atoms with Gasteiger partial charge < -0.3 is 0 Å². The minimum atomic E-state index is -0.222. The zero-order valence-corrected chi connectivity index (χ0v) is 12.9. The Hall–Kier alpha value is 0.360. The molecule has 0 aromatic heterocycles. The molecule has 0 aromatic rings. The molecule has 1 rings (SSSR count). The van der Waals surface area contributed by atoms with Crippen LogP contribution < -0.4 is 0 Å². The highest BCUT2D eigenvalue weighted by Gasteiger charge is 2.51. The zero-order chi connectivity index (χ0) is 12.6. The molecule has 16 heavy (non-hydrogen) atoms. The first kappa shape index (κ1) is 14.4. The fraction of sp³-hybridized carbons (Fsp3) is 0.833. The average molecular weight is 357 g/mol. The van der Waals surface area contributed by atoms with Crippen molar-refractivity contribution < 1.29 is 9.59 Å². The fourth-order valence-corrected chi connectivity index (χ4v) is 2.73. The highest BCUT2D eigenvalue weighted by atomic mass is 127. The van der Waals surface area contributed by atoms with Crippen molar-refractivity contribution in [2.75, 3.05) is 0 Å². The summed E-state index contributed by atoms with van der Waals surface area (Å²) >= 11 is 8.21. The summed E-state index contributed by atoms with van der Waals surface area (Å²) in [5.74, 6) is 0.356. The summed E-state index contributed by atoms with van der Waals surface area (Å²) in [6, 6.07) is 0. The van der Waals surface area contributed by atoms with E-state index >= 15 is 0 Å². The quantitative estimate of drug-likeness (QED) is 0.427. The van der Waals surface area contributed by atoms with Gasteiger partial charge in [-0.1, -0.05) is 43.4 Å². The SMILES string of the molecule is CC(C)(C)CC(=O)CC(=O)CC1CC1(Cl)I. The van der Waals surface area contributed by atoms with E-state index in [1.165, 1.54) is 0 Å². The van der Waals surface area contributed by atoms with E-state index in [1.807, 2.05) is 20.8 Å². The van der Waals surface area contributed by atoms with Crippen LogP contribution in [-0.2, 0) is 9.59 Å². The Kier molecular flexibility index (Phi) is 4.44. The van der Waals surface area contributed by atoms with Gasteiger partial charge in [0.25, 0.3) is 0 Å². The maximum Gasteiger partial charge on any atom is 0.140 e. The van der Waals surface area contributed by atoms with E-state index in [0.717, 1.165) is 6.42 Å². The number of Topliss-reactive ketones (excluding diaryl/α,β-unsaturated/α-hetero) is 2. The summed E-state index contributed by atoms with van der Waals surface area (Å²) in [5.41, 5.74) is -0.0313. The summed E-state index contributed by atoms with van der Waals surface area (Å²) < 4.78 is -0.222. The fourth-order valence-electron chi connectivity index (χ4n) is 1.71. The maximum absolute atomic E-state index is 11.6. The van der Waals surface area contributed by atoms with Gasteiger partial charge in [0.15, 0.2) is 0 Å². The van der Waals surface area contributed by atoms with Gasteiger partial charge >= 0.3 is 0 Å². The van der Waals surface area contributed by atoms with E-state index in [0.29, 0.717) is 12.8 Å². The van der Waals surface area contributed by atoms with Crippen LogP contribution in [-0.4, -0.2) is 14.4 Å². The molecule has 0 aromatic carbocycles. The van der Waals surface area contributed by atoms with Gasteiger partial charge in [-0.15, -0.1) is 11.6 Å². The molecule has 2 nitrogen and oxygen atoms in total. The molecule has 1 aliphatic rings. The van der Waals surface area contributed by atoms with Gasteiger partial charge in [-0.2, -0.15) is 0 Å². The molecule has 0 bridgehead atoms. The van der Waals surface area contributed by atoms with Crippen LogP contribution in [0.15, 0.2) is 0 Å². The Bertz CT molecular complexity index is 305. The minimum Gasteiger partial charge on any atom is -0.299 e. The number of carbonyl (C=O) groups excluding carboxylic acids is 2. The monoisotopic (exact) mass is 356 g/mol. The molecular weight excluding hydrogens is 338 g/mol. The molecule has 1 aliphatic carbocycles. The van der Waals surface area contributed by atoms with Crippen molar-refractivity contribution in [2.24, 2.45) is 11.3 Å². The molecule has 0 saturated heterocycles. The third-order valence-corrected chi connectivity index (χ3v) is 4.34. The first-order valence-corrected chi connectivity index (χ1v) is 6.97. The molecular formula is C12H18ClIO2. The largest absolute Gasteiger partial charge is 0.299 e. The van der Waals surface area contributed by atoms with Crippen LogP contribution in [0.2, 0.25) is 0 Å². The normalized spacial score (nSPS) is 28.9. The molecule has 0 spiro atoms. The van der Waals surface area contributed by atoms with E-state index in [2.05, 4.69) is 22.6 Å². The Morgan fingerprint density at radius 1 is 1.38 bits per heavy atom. The summed E-state index contributed by atoms with van der Waals surface area (Å²) in [4.78, 5) is 23.2. The van der Waals surface area contributed by atoms with Crippen molar-refractivity contribution in [1.29, 1.82) is 0 Å². The van der Waals surface area contributed by atoms with Crippen molar-refractivity contribution >= 4 is 45.8 Å². The topological polar surface area (TPSA) is 34.1 Å². The molecule has 1 saturated carbocycles. The highest BCUT2D eigenvalue weighted by molar-refractivity contribution is 14.1. The van der Waals surface area contributed by atoms with Crippen LogP contribution in [0.3, 0.4) is 0 Å². The van der Waals surface area contributed by atoms with Crippen molar-refractivity contribution in [1.82, 2.24) is 0 Å². The number of hydrogen-bond acceptors (Lipinski definition) is 2. The average Bonchev–Trinajstić information content (AvgIpc) is 2.52. The van der Waals surface area contributed by atoms with Crippen LogP contribution in [0.5, 0.6) is 0 Å². The first-order chi connectivity index (χ1) is 7.10. The smallest absolute Gasteiger partial charge is 0.140 e. The molecule has 2 atom stereocenters. The predicted octanol–water partition coefficient (Wildman–Crippen LogP) is 3.73. The summed E-state index contributed by atoms with van der Waals surface area (Å²) in [7, 11) is 0.